The first kappa shape index (κ1) is 14.4. The van der Waals surface area contributed by atoms with Gasteiger partial charge in [-0.1, -0.05) is 0 Å². The Balaban J connectivity index is 2.07. The Hall–Kier alpha value is -1.96. The average molecular weight is 283 g/mol. The van der Waals surface area contributed by atoms with Gasteiger partial charge in [-0.25, -0.2) is 5.01 Å². The Labute approximate surface area is 115 Å². The average Bonchev–Trinajstić information content (AvgIpc) is 2.75. The Morgan fingerprint density at radius 3 is 2.80 bits per heavy atom. The van der Waals surface area contributed by atoms with Crippen LogP contribution in [0.5, 0.6) is 0 Å². The van der Waals surface area contributed by atoms with Crippen LogP contribution in [0.15, 0.2) is 5.10 Å². The van der Waals surface area contributed by atoms with Gasteiger partial charge in [0.2, 0.25) is 5.91 Å². The highest BCUT2D eigenvalue weighted by Gasteiger charge is 2.47. The van der Waals surface area contributed by atoms with Crippen LogP contribution in [0, 0.1) is 5.41 Å². The first-order valence-electron chi connectivity index (χ1n) is 6.30. The van der Waals surface area contributed by atoms with Crippen LogP contribution in [0.3, 0.4) is 0 Å². The molecular formula is C12H17N3O5. The number of nitrogens with one attached hydrogen (secondary N) is 1. The summed E-state index contributed by atoms with van der Waals surface area (Å²) in [5, 5.41) is 16.9. The van der Waals surface area contributed by atoms with Gasteiger partial charge in [-0.05, 0) is 6.92 Å². The van der Waals surface area contributed by atoms with E-state index in [4.69, 9.17) is 4.74 Å². The van der Waals surface area contributed by atoms with Crippen LogP contribution in [-0.2, 0) is 19.1 Å². The number of carbonyl (C=O) groups is 3. The fourth-order valence-electron chi connectivity index (χ4n) is 2.16. The third-order valence-corrected chi connectivity index (χ3v) is 3.72. The van der Waals surface area contributed by atoms with E-state index in [-0.39, 0.29) is 37.7 Å². The summed E-state index contributed by atoms with van der Waals surface area (Å²) in [5.41, 5.74) is -0.918. The zero-order valence-corrected chi connectivity index (χ0v) is 11.4. The largest absolute Gasteiger partial charge is 0.481 e. The molecule has 2 heterocycles. The lowest BCUT2D eigenvalue weighted by Gasteiger charge is -2.26. The van der Waals surface area contributed by atoms with Gasteiger partial charge in [0.25, 0.3) is 5.91 Å². The van der Waals surface area contributed by atoms with Crippen molar-refractivity contribution in [3.63, 3.8) is 0 Å². The second-order valence-corrected chi connectivity index (χ2v) is 5.23. The van der Waals surface area contributed by atoms with Crippen LogP contribution < -0.4 is 5.32 Å². The fraction of sp³-hybridized carbons (Fsp3) is 0.667. The second-order valence-electron chi connectivity index (χ2n) is 5.23. The highest BCUT2D eigenvalue weighted by molar-refractivity contribution is 6.39. The molecule has 2 unspecified atom stereocenters. The predicted molar refractivity (Wildman–Crippen MR) is 67.9 cm³/mol. The zero-order chi connectivity index (χ0) is 14.9. The summed E-state index contributed by atoms with van der Waals surface area (Å²) >= 11 is 0. The first-order valence-corrected chi connectivity index (χ1v) is 6.30. The van der Waals surface area contributed by atoms with Gasteiger partial charge < -0.3 is 15.2 Å². The molecular weight excluding hydrogens is 266 g/mol. The van der Waals surface area contributed by atoms with E-state index >= 15 is 0 Å². The number of nitrogens with zero attached hydrogens (tertiary/aromatic N) is 2. The monoisotopic (exact) mass is 283 g/mol. The lowest BCUT2D eigenvalue weighted by atomic mass is 9.85. The van der Waals surface area contributed by atoms with Crippen LogP contribution in [-0.4, -0.2) is 59.9 Å². The van der Waals surface area contributed by atoms with Gasteiger partial charge in [-0.3, -0.25) is 14.4 Å². The van der Waals surface area contributed by atoms with Crippen molar-refractivity contribution in [1.29, 1.82) is 0 Å². The molecule has 1 fully saturated rings. The van der Waals surface area contributed by atoms with Gasteiger partial charge in [-0.2, -0.15) is 5.10 Å². The molecule has 0 aromatic heterocycles. The molecule has 2 amide bonds. The minimum Gasteiger partial charge on any atom is -0.481 e. The Kier molecular flexibility index (Phi) is 3.76. The van der Waals surface area contributed by atoms with Crippen molar-refractivity contribution in [2.75, 3.05) is 20.3 Å². The number of carboxylic acid groups (broad SMARTS) is 1. The van der Waals surface area contributed by atoms with E-state index in [0.717, 1.165) is 5.01 Å². The Bertz CT molecular complexity index is 489. The molecule has 0 spiro atoms. The van der Waals surface area contributed by atoms with Crippen molar-refractivity contribution >= 4 is 23.5 Å². The van der Waals surface area contributed by atoms with Crippen molar-refractivity contribution in [2.24, 2.45) is 10.5 Å². The van der Waals surface area contributed by atoms with Crippen LogP contribution in [0.2, 0.25) is 0 Å². The maximum Gasteiger partial charge on any atom is 0.313 e. The molecule has 2 rings (SSSR count). The number of hydrazone groups is 1. The van der Waals surface area contributed by atoms with E-state index in [0.29, 0.717) is 0 Å². The molecule has 2 aliphatic rings. The van der Waals surface area contributed by atoms with Crippen LogP contribution >= 0.6 is 0 Å². The van der Waals surface area contributed by atoms with E-state index in [1.165, 1.54) is 14.0 Å². The summed E-state index contributed by atoms with van der Waals surface area (Å²) < 4.78 is 5.16. The molecule has 0 bridgehead atoms. The highest BCUT2D eigenvalue weighted by Crippen LogP contribution is 2.28. The molecule has 8 nitrogen and oxygen atoms in total. The number of ether oxygens (including phenoxy) is 1. The van der Waals surface area contributed by atoms with Crippen LogP contribution in [0.4, 0.5) is 0 Å². The molecule has 0 saturated carbocycles. The zero-order valence-electron chi connectivity index (χ0n) is 11.4. The molecule has 110 valence electrons. The number of carboxylic acids is 1. The normalized spacial score (nSPS) is 30.1. The number of amides is 2. The summed E-state index contributed by atoms with van der Waals surface area (Å²) in [6.07, 6.45) is 0.479. The standard InChI is InChI=1S/C12H17N3O5/c1-12(11(18)19)6-20-5-8(12)13-10(17)7-3-4-9(16)15(2)14-7/h8H,3-6H2,1-2H3,(H,13,17)(H,18,19). The molecule has 0 radical (unpaired) electrons. The molecule has 2 atom stereocenters. The van der Waals surface area contributed by atoms with E-state index in [1.807, 2.05) is 0 Å². The van der Waals surface area contributed by atoms with E-state index in [1.54, 1.807) is 0 Å². The van der Waals surface area contributed by atoms with Gasteiger partial charge in [0.1, 0.15) is 11.1 Å². The molecule has 2 aliphatic heterocycles. The van der Waals surface area contributed by atoms with Gasteiger partial charge in [0.05, 0.1) is 19.3 Å². The number of rotatable bonds is 3. The third kappa shape index (κ3) is 2.51. The van der Waals surface area contributed by atoms with Crippen molar-refractivity contribution in [3.8, 4) is 0 Å². The highest BCUT2D eigenvalue weighted by atomic mass is 16.5. The predicted octanol–water partition coefficient (Wildman–Crippen LogP) is -0.799. The van der Waals surface area contributed by atoms with Crippen molar-refractivity contribution in [2.45, 2.75) is 25.8 Å². The lowest BCUT2D eigenvalue weighted by Crippen LogP contribution is -2.52. The second kappa shape index (κ2) is 5.20. The van der Waals surface area contributed by atoms with Crippen molar-refractivity contribution in [1.82, 2.24) is 10.3 Å². The molecule has 20 heavy (non-hydrogen) atoms. The summed E-state index contributed by atoms with van der Waals surface area (Å²) in [6, 6.07) is -0.613. The molecule has 0 aliphatic carbocycles. The van der Waals surface area contributed by atoms with Gasteiger partial charge in [-0.15, -0.1) is 0 Å². The minimum absolute atomic E-state index is 0.0537. The van der Waals surface area contributed by atoms with Crippen molar-refractivity contribution < 1.29 is 24.2 Å². The maximum absolute atomic E-state index is 12.1. The molecule has 1 saturated heterocycles. The van der Waals surface area contributed by atoms with E-state index < -0.39 is 23.3 Å². The van der Waals surface area contributed by atoms with Crippen LogP contribution in [0.1, 0.15) is 19.8 Å². The van der Waals surface area contributed by atoms with Gasteiger partial charge in [0.15, 0.2) is 0 Å². The first-order chi connectivity index (χ1) is 9.34. The lowest BCUT2D eigenvalue weighted by molar-refractivity contribution is -0.148. The Morgan fingerprint density at radius 1 is 1.50 bits per heavy atom. The smallest absolute Gasteiger partial charge is 0.313 e. The van der Waals surface area contributed by atoms with Crippen LogP contribution in [0.25, 0.3) is 0 Å². The van der Waals surface area contributed by atoms with E-state index in [2.05, 4.69) is 10.4 Å². The minimum atomic E-state index is -1.15. The summed E-state index contributed by atoms with van der Waals surface area (Å²) in [5.74, 6) is -1.62. The summed E-state index contributed by atoms with van der Waals surface area (Å²) in [6.45, 7) is 1.74. The molecule has 0 aromatic carbocycles. The molecule has 2 N–H and O–H groups in total. The van der Waals surface area contributed by atoms with Gasteiger partial charge >= 0.3 is 5.97 Å². The third-order valence-electron chi connectivity index (χ3n) is 3.72. The number of hydrogen-bond acceptors (Lipinski definition) is 5. The molecule has 0 aromatic rings. The SMILES string of the molecule is CN1N=C(C(=O)NC2COCC2(C)C(=O)O)CCC1=O. The number of hydrogen-bond donors (Lipinski definition) is 2. The fourth-order valence-corrected chi connectivity index (χ4v) is 2.16. The van der Waals surface area contributed by atoms with E-state index in [9.17, 15) is 19.5 Å². The quantitative estimate of drug-likeness (QED) is 0.705. The molecule has 8 heteroatoms. The van der Waals surface area contributed by atoms with Gasteiger partial charge in [0, 0.05) is 19.9 Å². The maximum atomic E-state index is 12.1. The Morgan fingerprint density at radius 2 is 2.20 bits per heavy atom. The number of carbonyl (C=O) groups excluding carboxylic acids is 2. The number of aliphatic carboxylic acids is 1. The summed E-state index contributed by atoms with van der Waals surface area (Å²) in [7, 11) is 1.48. The topological polar surface area (TPSA) is 108 Å². The van der Waals surface area contributed by atoms with Crippen molar-refractivity contribution in [3.05, 3.63) is 0 Å². The summed E-state index contributed by atoms with van der Waals surface area (Å²) in [4.78, 5) is 34.6.